The molecular formula is C13H15N5O. The Balaban J connectivity index is 2.13. The van der Waals surface area contributed by atoms with E-state index in [-0.39, 0.29) is 5.69 Å². The lowest BCUT2D eigenvalue weighted by Crippen LogP contribution is -2.16. The summed E-state index contributed by atoms with van der Waals surface area (Å²) >= 11 is 0. The van der Waals surface area contributed by atoms with Gasteiger partial charge < -0.3 is 11.5 Å². The number of nitrogen functional groups attached to an aromatic ring is 1. The number of hydrogen-bond acceptors (Lipinski definition) is 4. The maximum absolute atomic E-state index is 11.2. The summed E-state index contributed by atoms with van der Waals surface area (Å²) in [6.45, 7) is 0. The minimum absolute atomic E-state index is 0.211. The van der Waals surface area contributed by atoms with E-state index in [1.165, 1.54) is 6.07 Å². The van der Waals surface area contributed by atoms with Crippen molar-refractivity contribution < 1.29 is 4.79 Å². The van der Waals surface area contributed by atoms with Crippen LogP contribution in [0.1, 0.15) is 34.7 Å². The number of rotatable bonds is 2. The minimum atomic E-state index is -0.560. The molecule has 6 heteroatoms. The van der Waals surface area contributed by atoms with E-state index in [2.05, 4.69) is 9.97 Å². The number of aryl methyl sites for hydroxylation is 1. The van der Waals surface area contributed by atoms with Crippen LogP contribution in [0.4, 0.5) is 5.69 Å². The first-order valence-corrected chi connectivity index (χ1v) is 6.28. The molecule has 0 aromatic carbocycles. The van der Waals surface area contributed by atoms with Crippen LogP contribution in [0.25, 0.3) is 5.82 Å². The van der Waals surface area contributed by atoms with Gasteiger partial charge in [0.25, 0.3) is 5.91 Å². The van der Waals surface area contributed by atoms with E-state index in [0.29, 0.717) is 11.5 Å². The molecule has 0 fully saturated rings. The number of pyridine rings is 1. The van der Waals surface area contributed by atoms with Crippen molar-refractivity contribution in [2.24, 2.45) is 5.73 Å². The Morgan fingerprint density at radius 2 is 2.05 bits per heavy atom. The van der Waals surface area contributed by atoms with Gasteiger partial charge >= 0.3 is 0 Å². The Bertz CT molecular complexity index is 646. The lowest BCUT2D eigenvalue weighted by atomic mass is 10.0. The molecule has 0 saturated heterocycles. The zero-order valence-corrected chi connectivity index (χ0v) is 10.5. The Hall–Kier alpha value is -2.37. The molecule has 19 heavy (non-hydrogen) atoms. The summed E-state index contributed by atoms with van der Waals surface area (Å²) in [5.41, 5.74) is 14.2. The number of carbonyl (C=O) groups is 1. The van der Waals surface area contributed by atoms with Crippen molar-refractivity contribution in [1.82, 2.24) is 14.5 Å². The summed E-state index contributed by atoms with van der Waals surface area (Å²) in [6.07, 6.45) is 5.96. The smallest absolute Gasteiger partial charge is 0.267 e. The highest BCUT2D eigenvalue weighted by Gasteiger charge is 2.18. The van der Waals surface area contributed by atoms with Gasteiger partial charge in [0.1, 0.15) is 12.0 Å². The number of fused-ring (bicyclic) bond motifs is 1. The molecule has 0 aliphatic heterocycles. The summed E-state index contributed by atoms with van der Waals surface area (Å²) in [5, 5.41) is 0. The number of primary amides is 1. The van der Waals surface area contributed by atoms with Crippen molar-refractivity contribution in [2.75, 3.05) is 5.73 Å². The third-order valence-electron chi connectivity index (χ3n) is 3.42. The van der Waals surface area contributed by atoms with Crippen LogP contribution in [0.15, 0.2) is 18.5 Å². The van der Waals surface area contributed by atoms with Crippen molar-refractivity contribution in [3.8, 4) is 5.82 Å². The molecule has 0 atom stereocenters. The van der Waals surface area contributed by atoms with Crippen LogP contribution in [0.3, 0.4) is 0 Å². The van der Waals surface area contributed by atoms with Crippen molar-refractivity contribution in [1.29, 1.82) is 0 Å². The minimum Gasteiger partial charge on any atom is -0.396 e. The van der Waals surface area contributed by atoms with Crippen LogP contribution in [-0.4, -0.2) is 20.4 Å². The molecule has 3 rings (SSSR count). The number of nitrogens with two attached hydrogens (primary N) is 2. The number of imidazole rings is 1. The van der Waals surface area contributed by atoms with Gasteiger partial charge in [-0.3, -0.25) is 9.36 Å². The Morgan fingerprint density at radius 3 is 2.84 bits per heavy atom. The van der Waals surface area contributed by atoms with Crippen LogP contribution < -0.4 is 11.5 Å². The van der Waals surface area contributed by atoms with Gasteiger partial charge in [-0.1, -0.05) is 0 Å². The first-order valence-electron chi connectivity index (χ1n) is 6.28. The van der Waals surface area contributed by atoms with Crippen LogP contribution >= 0.6 is 0 Å². The molecule has 6 nitrogen and oxygen atoms in total. The van der Waals surface area contributed by atoms with Crippen LogP contribution in [-0.2, 0) is 12.8 Å². The van der Waals surface area contributed by atoms with E-state index in [1.807, 2.05) is 4.57 Å². The third-order valence-corrected chi connectivity index (χ3v) is 3.42. The zero-order valence-electron chi connectivity index (χ0n) is 10.5. The normalized spacial score (nSPS) is 14.1. The molecule has 1 aliphatic carbocycles. The number of hydrogen-bond donors (Lipinski definition) is 2. The van der Waals surface area contributed by atoms with Crippen LogP contribution in [0.2, 0.25) is 0 Å². The van der Waals surface area contributed by atoms with Crippen molar-refractivity contribution in [3.05, 3.63) is 35.5 Å². The highest BCUT2D eigenvalue weighted by Crippen LogP contribution is 2.24. The number of nitrogens with zero attached hydrogens (tertiary/aromatic N) is 3. The largest absolute Gasteiger partial charge is 0.396 e. The summed E-state index contributed by atoms with van der Waals surface area (Å²) in [6, 6.07) is 3.18. The second-order valence-electron chi connectivity index (χ2n) is 4.69. The van der Waals surface area contributed by atoms with E-state index in [9.17, 15) is 4.79 Å². The van der Waals surface area contributed by atoms with Gasteiger partial charge in [-0.15, -0.1) is 0 Å². The van der Waals surface area contributed by atoms with Gasteiger partial charge in [0.05, 0.1) is 11.4 Å². The van der Waals surface area contributed by atoms with Crippen molar-refractivity contribution >= 4 is 11.6 Å². The average molecular weight is 257 g/mol. The third kappa shape index (κ3) is 1.95. The van der Waals surface area contributed by atoms with Crippen LogP contribution in [0.5, 0.6) is 0 Å². The fraction of sp³-hybridized carbons (Fsp3) is 0.308. The Labute approximate surface area is 110 Å². The molecule has 0 bridgehead atoms. The molecular weight excluding hydrogens is 242 g/mol. The fourth-order valence-electron chi connectivity index (χ4n) is 2.44. The predicted molar refractivity (Wildman–Crippen MR) is 70.9 cm³/mol. The number of carbonyl (C=O) groups excluding carboxylic acids is 1. The first kappa shape index (κ1) is 11.7. The topological polar surface area (TPSA) is 99.8 Å². The summed E-state index contributed by atoms with van der Waals surface area (Å²) in [7, 11) is 0. The quantitative estimate of drug-likeness (QED) is 0.832. The standard InChI is InChI=1S/C13H15N5O/c14-8-5-6-10(12(15)19)17-13(8)18-7-16-9-3-1-2-4-11(9)18/h5-7H,1-4,14H2,(H2,15,19). The number of aromatic nitrogens is 3. The monoisotopic (exact) mass is 257 g/mol. The van der Waals surface area contributed by atoms with E-state index < -0.39 is 5.91 Å². The van der Waals surface area contributed by atoms with E-state index in [1.54, 1.807) is 12.4 Å². The van der Waals surface area contributed by atoms with Crippen LogP contribution in [0, 0.1) is 0 Å². The van der Waals surface area contributed by atoms with Gasteiger partial charge in [-0.2, -0.15) is 0 Å². The Kier molecular flexibility index (Phi) is 2.70. The van der Waals surface area contributed by atoms with Gasteiger partial charge in [0.2, 0.25) is 0 Å². The molecule has 0 unspecified atom stereocenters. The van der Waals surface area contributed by atoms with E-state index in [0.717, 1.165) is 37.1 Å². The summed E-state index contributed by atoms with van der Waals surface area (Å²) < 4.78 is 1.87. The SMILES string of the molecule is NC(=O)c1ccc(N)c(-n2cnc3c2CCCC3)n1. The second kappa shape index (κ2) is 4.38. The molecule has 2 heterocycles. The van der Waals surface area contributed by atoms with Gasteiger partial charge in [-0.25, -0.2) is 9.97 Å². The lowest BCUT2D eigenvalue weighted by Gasteiger charge is -2.14. The highest BCUT2D eigenvalue weighted by atomic mass is 16.1. The number of anilines is 1. The lowest BCUT2D eigenvalue weighted by molar-refractivity contribution is 0.0995. The second-order valence-corrected chi connectivity index (χ2v) is 4.69. The summed E-state index contributed by atoms with van der Waals surface area (Å²) in [4.78, 5) is 19.9. The highest BCUT2D eigenvalue weighted by molar-refractivity contribution is 5.91. The first-order chi connectivity index (χ1) is 9.16. The van der Waals surface area contributed by atoms with Gasteiger partial charge in [0, 0.05) is 5.69 Å². The van der Waals surface area contributed by atoms with E-state index in [4.69, 9.17) is 11.5 Å². The molecule has 4 N–H and O–H groups in total. The maximum atomic E-state index is 11.2. The molecule has 0 spiro atoms. The van der Waals surface area contributed by atoms with Gasteiger partial charge in [-0.05, 0) is 37.8 Å². The zero-order chi connectivity index (χ0) is 13.4. The summed E-state index contributed by atoms with van der Waals surface area (Å²) in [5.74, 6) is -0.0258. The predicted octanol–water partition coefficient (Wildman–Crippen LogP) is 0.827. The number of amides is 1. The molecule has 2 aromatic rings. The average Bonchev–Trinajstić information content (AvgIpc) is 2.83. The Morgan fingerprint density at radius 1 is 1.26 bits per heavy atom. The van der Waals surface area contributed by atoms with E-state index >= 15 is 0 Å². The molecule has 0 saturated carbocycles. The molecule has 2 aromatic heterocycles. The fourth-order valence-corrected chi connectivity index (χ4v) is 2.44. The molecule has 98 valence electrons. The maximum Gasteiger partial charge on any atom is 0.267 e. The van der Waals surface area contributed by atoms with Crippen molar-refractivity contribution in [2.45, 2.75) is 25.7 Å². The molecule has 1 aliphatic rings. The molecule has 1 amide bonds. The van der Waals surface area contributed by atoms with Crippen molar-refractivity contribution in [3.63, 3.8) is 0 Å². The van der Waals surface area contributed by atoms with Gasteiger partial charge in [0.15, 0.2) is 5.82 Å². The molecule has 0 radical (unpaired) electrons.